The molecule has 1 N–H and O–H groups in total. The smallest absolute Gasteiger partial charge is 0.313 e. The van der Waals surface area contributed by atoms with Crippen LogP contribution in [0.3, 0.4) is 0 Å². The summed E-state index contributed by atoms with van der Waals surface area (Å²) in [6.45, 7) is 3.93. The number of benzene rings is 1. The lowest BCUT2D eigenvalue weighted by Gasteiger charge is -2.14. The van der Waals surface area contributed by atoms with Crippen molar-refractivity contribution >= 4 is 0 Å². The average molecular weight is 294 g/mol. The SMILES string of the molecule is CNC(C)c1ccc(-c2ccc(C(F)(F)F)cc2)nc1C. The van der Waals surface area contributed by atoms with Crippen LogP contribution in [0.5, 0.6) is 0 Å². The van der Waals surface area contributed by atoms with Crippen LogP contribution in [0.1, 0.15) is 29.8 Å². The van der Waals surface area contributed by atoms with Crippen molar-refractivity contribution in [1.29, 1.82) is 0 Å². The Balaban J connectivity index is 2.33. The Morgan fingerprint density at radius 1 is 1.05 bits per heavy atom. The van der Waals surface area contributed by atoms with Gasteiger partial charge in [0.25, 0.3) is 0 Å². The molecule has 0 bridgehead atoms. The van der Waals surface area contributed by atoms with Gasteiger partial charge in [-0.1, -0.05) is 18.2 Å². The lowest BCUT2D eigenvalue weighted by Crippen LogP contribution is -2.14. The monoisotopic (exact) mass is 294 g/mol. The zero-order valence-corrected chi connectivity index (χ0v) is 12.1. The van der Waals surface area contributed by atoms with Gasteiger partial charge in [0.15, 0.2) is 0 Å². The minimum atomic E-state index is -4.31. The molecule has 0 radical (unpaired) electrons. The zero-order chi connectivity index (χ0) is 15.6. The van der Waals surface area contributed by atoms with Gasteiger partial charge in [0.2, 0.25) is 0 Å². The number of nitrogens with zero attached hydrogens (tertiary/aromatic N) is 1. The van der Waals surface area contributed by atoms with Crippen molar-refractivity contribution in [2.24, 2.45) is 0 Å². The fourth-order valence-electron chi connectivity index (χ4n) is 2.18. The molecule has 0 aliphatic carbocycles. The van der Waals surface area contributed by atoms with Crippen molar-refractivity contribution in [3.05, 3.63) is 53.2 Å². The van der Waals surface area contributed by atoms with Gasteiger partial charge in [-0.25, -0.2) is 0 Å². The van der Waals surface area contributed by atoms with Crippen LogP contribution in [0.15, 0.2) is 36.4 Å². The highest BCUT2D eigenvalue weighted by molar-refractivity contribution is 5.60. The van der Waals surface area contributed by atoms with Gasteiger partial charge >= 0.3 is 6.18 Å². The fourth-order valence-corrected chi connectivity index (χ4v) is 2.18. The molecule has 0 saturated heterocycles. The number of rotatable bonds is 3. The Hall–Kier alpha value is -1.88. The number of hydrogen-bond donors (Lipinski definition) is 1. The Morgan fingerprint density at radius 2 is 1.67 bits per heavy atom. The van der Waals surface area contributed by atoms with Gasteiger partial charge in [-0.05, 0) is 44.7 Å². The summed E-state index contributed by atoms with van der Waals surface area (Å²) in [6, 6.07) is 9.03. The van der Waals surface area contributed by atoms with Crippen molar-refractivity contribution < 1.29 is 13.2 Å². The van der Waals surface area contributed by atoms with Crippen molar-refractivity contribution in [3.8, 4) is 11.3 Å². The summed E-state index contributed by atoms with van der Waals surface area (Å²) in [5.41, 5.74) is 2.65. The Bertz CT molecular complexity index is 618. The molecule has 0 aliphatic rings. The molecule has 2 nitrogen and oxygen atoms in total. The summed E-state index contributed by atoms with van der Waals surface area (Å²) in [6.07, 6.45) is -4.31. The van der Waals surface area contributed by atoms with Crippen LogP contribution in [0.4, 0.5) is 13.2 Å². The van der Waals surface area contributed by atoms with Gasteiger partial charge in [-0.15, -0.1) is 0 Å². The van der Waals surface area contributed by atoms with E-state index in [1.807, 2.05) is 33.0 Å². The van der Waals surface area contributed by atoms with Crippen molar-refractivity contribution in [3.63, 3.8) is 0 Å². The van der Waals surface area contributed by atoms with Crippen LogP contribution in [-0.2, 0) is 6.18 Å². The second-order valence-corrected chi connectivity index (χ2v) is 4.96. The van der Waals surface area contributed by atoms with E-state index in [1.54, 1.807) is 0 Å². The molecule has 112 valence electrons. The van der Waals surface area contributed by atoms with E-state index >= 15 is 0 Å². The van der Waals surface area contributed by atoms with Crippen LogP contribution < -0.4 is 5.32 Å². The molecule has 21 heavy (non-hydrogen) atoms. The van der Waals surface area contributed by atoms with Crippen molar-refractivity contribution in [1.82, 2.24) is 10.3 Å². The molecule has 0 amide bonds. The van der Waals surface area contributed by atoms with E-state index in [2.05, 4.69) is 10.3 Å². The van der Waals surface area contributed by atoms with Crippen molar-refractivity contribution in [2.75, 3.05) is 7.05 Å². The maximum absolute atomic E-state index is 12.5. The van der Waals surface area contributed by atoms with Gasteiger partial charge in [-0.3, -0.25) is 4.98 Å². The Labute approximate surface area is 122 Å². The van der Waals surface area contributed by atoms with Crippen LogP contribution >= 0.6 is 0 Å². The molecule has 1 atom stereocenters. The number of aryl methyl sites for hydroxylation is 1. The van der Waals surface area contributed by atoms with Crippen LogP contribution in [-0.4, -0.2) is 12.0 Å². The molecule has 0 saturated carbocycles. The number of alkyl halides is 3. The third kappa shape index (κ3) is 3.42. The van der Waals surface area contributed by atoms with Crippen LogP contribution in [0.25, 0.3) is 11.3 Å². The highest BCUT2D eigenvalue weighted by Gasteiger charge is 2.30. The predicted octanol–water partition coefficient (Wildman–Crippen LogP) is 4.36. The molecule has 5 heteroatoms. The highest BCUT2D eigenvalue weighted by atomic mass is 19.4. The van der Waals surface area contributed by atoms with Crippen LogP contribution in [0, 0.1) is 6.92 Å². The molecule has 0 aliphatic heterocycles. The first-order valence-corrected chi connectivity index (χ1v) is 6.65. The lowest BCUT2D eigenvalue weighted by molar-refractivity contribution is -0.137. The summed E-state index contributed by atoms with van der Waals surface area (Å²) in [5, 5.41) is 3.14. The highest BCUT2D eigenvalue weighted by Crippen LogP contribution is 2.31. The first-order chi connectivity index (χ1) is 9.82. The maximum atomic E-state index is 12.5. The average Bonchev–Trinajstić information content (AvgIpc) is 2.45. The van der Waals surface area contributed by atoms with E-state index in [-0.39, 0.29) is 6.04 Å². The predicted molar refractivity (Wildman–Crippen MR) is 76.9 cm³/mol. The first-order valence-electron chi connectivity index (χ1n) is 6.65. The summed E-state index contributed by atoms with van der Waals surface area (Å²) in [4.78, 5) is 4.48. The Morgan fingerprint density at radius 3 is 2.14 bits per heavy atom. The molecule has 2 aromatic rings. The number of nitrogens with one attached hydrogen (secondary N) is 1. The summed E-state index contributed by atoms with van der Waals surface area (Å²) < 4.78 is 37.6. The molecule has 1 heterocycles. The molecule has 1 unspecified atom stereocenters. The van der Waals surface area contributed by atoms with Gasteiger partial charge in [0.1, 0.15) is 0 Å². The first kappa shape index (κ1) is 15.5. The Kier molecular flexibility index (Phi) is 4.32. The second kappa shape index (κ2) is 5.85. The number of hydrogen-bond acceptors (Lipinski definition) is 2. The molecule has 0 spiro atoms. The van der Waals surface area contributed by atoms with E-state index in [0.717, 1.165) is 23.4 Å². The van der Waals surface area contributed by atoms with Gasteiger partial charge in [0.05, 0.1) is 11.3 Å². The van der Waals surface area contributed by atoms with E-state index in [0.29, 0.717) is 11.3 Å². The molecule has 1 aromatic heterocycles. The van der Waals surface area contributed by atoms with E-state index in [1.165, 1.54) is 12.1 Å². The summed E-state index contributed by atoms with van der Waals surface area (Å²) in [7, 11) is 1.87. The zero-order valence-electron chi connectivity index (χ0n) is 12.1. The number of pyridine rings is 1. The molecule has 0 fully saturated rings. The summed E-state index contributed by atoms with van der Waals surface area (Å²) >= 11 is 0. The topological polar surface area (TPSA) is 24.9 Å². The molecular formula is C16H17F3N2. The number of aromatic nitrogens is 1. The molecular weight excluding hydrogens is 277 g/mol. The third-order valence-corrected chi connectivity index (χ3v) is 3.53. The van der Waals surface area contributed by atoms with Gasteiger partial charge in [-0.2, -0.15) is 13.2 Å². The van der Waals surface area contributed by atoms with E-state index in [9.17, 15) is 13.2 Å². The van der Waals surface area contributed by atoms with Crippen LogP contribution in [0.2, 0.25) is 0 Å². The van der Waals surface area contributed by atoms with Gasteiger partial charge in [0, 0.05) is 17.3 Å². The quantitative estimate of drug-likeness (QED) is 0.910. The van der Waals surface area contributed by atoms with Gasteiger partial charge < -0.3 is 5.32 Å². The number of halogens is 3. The fraction of sp³-hybridized carbons (Fsp3) is 0.312. The lowest BCUT2D eigenvalue weighted by atomic mass is 10.0. The largest absolute Gasteiger partial charge is 0.416 e. The normalized spacial score (nSPS) is 13.2. The minimum Gasteiger partial charge on any atom is -0.313 e. The summed E-state index contributed by atoms with van der Waals surface area (Å²) in [5.74, 6) is 0. The standard InChI is InChI=1S/C16H17F3N2/c1-10(20-3)14-8-9-15(21-11(14)2)12-4-6-13(7-5-12)16(17,18)19/h4-10,20H,1-3H3. The third-order valence-electron chi connectivity index (χ3n) is 3.53. The van der Waals surface area contributed by atoms with E-state index in [4.69, 9.17) is 0 Å². The molecule has 1 aromatic carbocycles. The second-order valence-electron chi connectivity index (χ2n) is 4.96. The molecule has 2 rings (SSSR count). The minimum absolute atomic E-state index is 0.180. The maximum Gasteiger partial charge on any atom is 0.416 e. The van der Waals surface area contributed by atoms with E-state index < -0.39 is 11.7 Å². The van der Waals surface area contributed by atoms with Crippen molar-refractivity contribution in [2.45, 2.75) is 26.1 Å².